The third-order valence-corrected chi connectivity index (χ3v) is 3.27. The Hall–Kier alpha value is -0.550. The maximum Gasteiger partial charge on any atom is 0.0690 e. The van der Waals surface area contributed by atoms with E-state index in [4.69, 9.17) is 4.74 Å². The molecule has 2 atom stereocenters. The number of rotatable bonds is 5. The van der Waals surface area contributed by atoms with Gasteiger partial charge in [0, 0.05) is 13.2 Å². The zero-order chi connectivity index (χ0) is 11.3. The highest BCUT2D eigenvalue weighted by molar-refractivity contribution is 5.03. The maximum absolute atomic E-state index is 9.24. The van der Waals surface area contributed by atoms with E-state index < -0.39 is 0 Å². The molecule has 0 amide bonds. The maximum atomic E-state index is 9.24. The lowest BCUT2D eigenvalue weighted by Crippen LogP contribution is -2.18. The lowest BCUT2D eigenvalue weighted by atomic mass is 9.84. The second-order valence-electron chi connectivity index (χ2n) is 5.46. The fourth-order valence-corrected chi connectivity index (χ4v) is 2.36. The van der Waals surface area contributed by atoms with Gasteiger partial charge in [-0.1, -0.05) is 20.8 Å². The van der Waals surface area contributed by atoms with Crippen LogP contribution in [0.25, 0.3) is 0 Å². The Bertz CT molecular complexity index is 231. The summed E-state index contributed by atoms with van der Waals surface area (Å²) in [4.78, 5) is 0. The molecule has 2 heteroatoms. The van der Waals surface area contributed by atoms with Crippen LogP contribution in [0.3, 0.4) is 0 Å². The Kier molecular flexibility index (Phi) is 4.60. The van der Waals surface area contributed by atoms with Crippen molar-refractivity contribution in [2.24, 2.45) is 17.3 Å². The Morgan fingerprint density at radius 1 is 1.53 bits per heavy atom. The summed E-state index contributed by atoms with van der Waals surface area (Å²) >= 11 is 0. The summed E-state index contributed by atoms with van der Waals surface area (Å²) in [5.41, 5.74) is -0.0730. The van der Waals surface area contributed by atoms with Crippen molar-refractivity contribution in [2.75, 3.05) is 13.2 Å². The average Bonchev–Trinajstić information content (AvgIpc) is 2.56. The molecule has 86 valence electrons. The number of nitrogens with zero attached hydrogens (tertiary/aromatic N) is 1. The van der Waals surface area contributed by atoms with E-state index in [1.165, 1.54) is 6.42 Å². The molecule has 0 aliphatic heterocycles. The summed E-state index contributed by atoms with van der Waals surface area (Å²) in [5.74, 6) is 1.31. The molecule has 0 aromatic carbocycles. The summed E-state index contributed by atoms with van der Waals surface area (Å²) in [6.07, 6.45) is 4.25. The van der Waals surface area contributed by atoms with Crippen molar-refractivity contribution >= 4 is 0 Å². The van der Waals surface area contributed by atoms with Crippen molar-refractivity contribution in [2.45, 2.75) is 46.5 Å². The molecule has 0 heterocycles. The van der Waals surface area contributed by atoms with E-state index in [2.05, 4.69) is 26.8 Å². The third-order valence-electron chi connectivity index (χ3n) is 3.27. The summed E-state index contributed by atoms with van der Waals surface area (Å²) in [7, 11) is 0. The largest absolute Gasteiger partial charge is 0.381 e. The monoisotopic (exact) mass is 209 g/mol. The van der Waals surface area contributed by atoms with Gasteiger partial charge in [0.25, 0.3) is 0 Å². The van der Waals surface area contributed by atoms with Crippen molar-refractivity contribution in [3.63, 3.8) is 0 Å². The predicted octanol–water partition coefficient (Wildman–Crippen LogP) is 3.38. The van der Waals surface area contributed by atoms with Crippen LogP contribution in [-0.2, 0) is 4.74 Å². The van der Waals surface area contributed by atoms with Gasteiger partial charge in [0.1, 0.15) is 0 Å². The molecule has 1 aliphatic carbocycles. The first-order chi connectivity index (χ1) is 7.08. The molecule has 0 aromatic rings. The van der Waals surface area contributed by atoms with E-state index in [1.807, 2.05) is 0 Å². The molecule has 0 aromatic heterocycles. The van der Waals surface area contributed by atoms with Gasteiger partial charge in [-0.05, 0) is 37.5 Å². The van der Waals surface area contributed by atoms with E-state index in [-0.39, 0.29) is 5.41 Å². The normalized spacial score (nSPS) is 30.7. The first kappa shape index (κ1) is 12.5. The minimum absolute atomic E-state index is 0.0730. The third kappa shape index (κ3) is 3.83. The zero-order valence-corrected chi connectivity index (χ0v) is 10.3. The summed E-state index contributed by atoms with van der Waals surface area (Å²) in [5, 5.41) is 9.24. The first-order valence-electron chi connectivity index (χ1n) is 6.07. The van der Waals surface area contributed by atoms with Crippen LogP contribution < -0.4 is 0 Å². The molecule has 2 unspecified atom stereocenters. The zero-order valence-electron chi connectivity index (χ0n) is 10.3. The molecule has 0 saturated heterocycles. The Morgan fingerprint density at radius 3 is 2.73 bits per heavy atom. The Labute approximate surface area is 93.6 Å². The molecule has 2 nitrogen and oxygen atoms in total. The van der Waals surface area contributed by atoms with E-state index in [1.54, 1.807) is 0 Å². The minimum Gasteiger partial charge on any atom is -0.381 e. The molecular formula is C13H23NO. The quantitative estimate of drug-likeness (QED) is 0.650. The van der Waals surface area contributed by atoms with Crippen LogP contribution in [0.1, 0.15) is 46.5 Å². The van der Waals surface area contributed by atoms with Gasteiger partial charge >= 0.3 is 0 Å². The van der Waals surface area contributed by atoms with Crippen LogP contribution in [0.15, 0.2) is 0 Å². The van der Waals surface area contributed by atoms with Gasteiger partial charge in [0.05, 0.1) is 11.5 Å². The average molecular weight is 209 g/mol. The van der Waals surface area contributed by atoms with Crippen LogP contribution in [0.4, 0.5) is 0 Å². The number of hydrogen-bond donors (Lipinski definition) is 0. The highest BCUT2D eigenvalue weighted by Crippen LogP contribution is 2.43. The van der Waals surface area contributed by atoms with Gasteiger partial charge < -0.3 is 4.74 Å². The first-order valence-corrected chi connectivity index (χ1v) is 6.07. The van der Waals surface area contributed by atoms with Gasteiger partial charge in [-0.3, -0.25) is 0 Å². The minimum atomic E-state index is -0.0730. The van der Waals surface area contributed by atoms with E-state index >= 15 is 0 Å². The van der Waals surface area contributed by atoms with E-state index in [0.29, 0.717) is 5.92 Å². The van der Waals surface area contributed by atoms with E-state index in [9.17, 15) is 5.26 Å². The van der Waals surface area contributed by atoms with Crippen molar-refractivity contribution < 1.29 is 4.74 Å². The lowest BCUT2D eigenvalue weighted by Gasteiger charge is -2.20. The summed E-state index contributed by atoms with van der Waals surface area (Å²) < 4.78 is 5.57. The molecule has 1 aliphatic rings. The number of nitriles is 1. The van der Waals surface area contributed by atoms with Gasteiger partial charge in [0.15, 0.2) is 0 Å². The molecule has 0 N–H and O–H groups in total. The van der Waals surface area contributed by atoms with Crippen molar-refractivity contribution in [1.29, 1.82) is 5.26 Å². The second-order valence-corrected chi connectivity index (χ2v) is 5.46. The molecule has 0 bridgehead atoms. The van der Waals surface area contributed by atoms with Crippen LogP contribution in [0.5, 0.6) is 0 Å². The molecule has 1 rings (SSSR count). The molecule has 0 spiro atoms. The van der Waals surface area contributed by atoms with Crippen molar-refractivity contribution in [3.05, 3.63) is 0 Å². The SMILES string of the molecule is CC(C)COCCC1(C#N)CCC(C)C1. The van der Waals surface area contributed by atoms with Crippen molar-refractivity contribution in [3.8, 4) is 6.07 Å². The Morgan fingerprint density at radius 2 is 2.27 bits per heavy atom. The number of hydrogen-bond acceptors (Lipinski definition) is 2. The topological polar surface area (TPSA) is 33.0 Å². The molecule has 15 heavy (non-hydrogen) atoms. The lowest BCUT2D eigenvalue weighted by molar-refractivity contribution is 0.0886. The van der Waals surface area contributed by atoms with Crippen molar-refractivity contribution in [1.82, 2.24) is 0 Å². The highest BCUT2D eigenvalue weighted by Gasteiger charge is 2.37. The molecule has 1 saturated carbocycles. The fourth-order valence-electron chi connectivity index (χ4n) is 2.36. The van der Waals surface area contributed by atoms with E-state index in [0.717, 1.165) is 38.4 Å². The molecular weight excluding hydrogens is 186 g/mol. The Balaban J connectivity index is 2.27. The molecule has 1 fully saturated rings. The van der Waals surface area contributed by atoms with Gasteiger partial charge in [-0.25, -0.2) is 0 Å². The predicted molar refractivity (Wildman–Crippen MR) is 61.3 cm³/mol. The summed E-state index contributed by atoms with van der Waals surface area (Å²) in [6, 6.07) is 2.52. The van der Waals surface area contributed by atoms with Crippen LogP contribution in [-0.4, -0.2) is 13.2 Å². The van der Waals surface area contributed by atoms with Crippen LogP contribution in [0.2, 0.25) is 0 Å². The van der Waals surface area contributed by atoms with Crippen LogP contribution >= 0.6 is 0 Å². The van der Waals surface area contributed by atoms with Gasteiger partial charge in [-0.2, -0.15) is 5.26 Å². The highest BCUT2D eigenvalue weighted by atomic mass is 16.5. The second kappa shape index (κ2) is 5.51. The number of ether oxygens (including phenoxy) is 1. The standard InChI is InChI=1S/C13H23NO/c1-11(2)9-15-7-6-13(10-14)5-4-12(3)8-13/h11-12H,4-9H2,1-3H3. The smallest absolute Gasteiger partial charge is 0.0690 e. The van der Waals surface area contributed by atoms with Gasteiger partial charge in [-0.15, -0.1) is 0 Å². The van der Waals surface area contributed by atoms with Gasteiger partial charge in [0.2, 0.25) is 0 Å². The summed E-state index contributed by atoms with van der Waals surface area (Å²) in [6.45, 7) is 8.11. The molecule has 0 radical (unpaired) electrons. The fraction of sp³-hybridized carbons (Fsp3) is 0.923. The van der Waals surface area contributed by atoms with Crippen LogP contribution in [0, 0.1) is 28.6 Å².